The number of methoxy groups -OCH3 is 1. The highest BCUT2D eigenvalue weighted by Gasteiger charge is 2.27. The van der Waals surface area contributed by atoms with Crippen molar-refractivity contribution in [3.8, 4) is 11.5 Å². The van der Waals surface area contributed by atoms with Gasteiger partial charge in [0.1, 0.15) is 16.5 Å². The lowest BCUT2D eigenvalue weighted by molar-refractivity contribution is -0.118. The molecular weight excluding hydrogens is 480 g/mol. The zero-order chi connectivity index (χ0) is 25.5. The first-order chi connectivity index (χ1) is 17.5. The molecule has 9 heteroatoms. The van der Waals surface area contributed by atoms with Crippen LogP contribution in [0.2, 0.25) is 0 Å². The minimum atomic E-state index is -0.406. The van der Waals surface area contributed by atoms with Crippen LogP contribution < -0.4 is 20.1 Å². The summed E-state index contributed by atoms with van der Waals surface area (Å²) in [4.78, 5) is 38.8. The maximum absolute atomic E-state index is 12.6. The number of ether oxygens (including phenoxy) is 3. The van der Waals surface area contributed by atoms with Crippen molar-refractivity contribution in [2.24, 2.45) is 0 Å². The topological polar surface area (TPSA) is 103 Å². The highest BCUT2D eigenvalue weighted by Crippen LogP contribution is 2.38. The van der Waals surface area contributed by atoms with Gasteiger partial charge in [-0.1, -0.05) is 0 Å². The average Bonchev–Trinajstić information content (AvgIpc) is 3.26. The highest BCUT2D eigenvalue weighted by atomic mass is 32.1. The molecule has 0 atom stereocenters. The number of hydrogen-bond acceptors (Lipinski definition) is 7. The van der Waals surface area contributed by atoms with Gasteiger partial charge in [0, 0.05) is 16.1 Å². The van der Waals surface area contributed by atoms with Crippen LogP contribution in [0.4, 0.5) is 10.7 Å². The molecule has 0 radical (unpaired) electrons. The van der Waals surface area contributed by atoms with Crippen molar-refractivity contribution >= 4 is 39.8 Å². The molecule has 0 saturated heterocycles. The maximum atomic E-state index is 12.6. The number of carbonyl (C=O) groups excluding carboxylic acids is 3. The quantitative estimate of drug-likeness (QED) is 0.391. The van der Waals surface area contributed by atoms with Crippen molar-refractivity contribution in [1.29, 1.82) is 0 Å². The first-order valence-corrected chi connectivity index (χ1v) is 12.6. The Morgan fingerprint density at radius 2 is 1.61 bits per heavy atom. The number of fused-ring (bicyclic) bond motifs is 1. The zero-order valence-corrected chi connectivity index (χ0v) is 21.0. The number of benzene rings is 2. The van der Waals surface area contributed by atoms with E-state index in [2.05, 4.69) is 10.6 Å². The summed E-state index contributed by atoms with van der Waals surface area (Å²) in [6, 6.07) is 13.5. The van der Waals surface area contributed by atoms with E-state index in [1.165, 1.54) is 11.3 Å². The van der Waals surface area contributed by atoms with Gasteiger partial charge in [0.05, 0.1) is 19.3 Å². The van der Waals surface area contributed by atoms with E-state index in [1.807, 2.05) is 0 Å². The molecular formula is C27H28N2O6S. The van der Waals surface area contributed by atoms with E-state index < -0.39 is 5.97 Å². The van der Waals surface area contributed by atoms with Gasteiger partial charge >= 0.3 is 5.97 Å². The van der Waals surface area contributed by atoms with Crippen molar-refractivity contribution in [1.82, 2.24) is 0 Å². The minimum absolute atomic E-state index is 0.234. The number of nitrogens with one attached hydrogen (secondary N) is 2. The van der Waals surface area contributed by atoms with Crippen molar-refractivity contribution in [3.63, 3.8) is 0 Å². The summed E-state index contributed by atoms with van der Waals surface area (Å²) >= 11 is 1.43. The number of hydrogen-bond donors (Lipinski definition) is 2. The molecule has 0 fully saturated rings. The third-order valence-electron chi connectivity index (χ3n) is 5.74. The molecule has 4 rings (SSSR count). The molecule has 3 aromatic rings. The molecule has 8 nitrogen and oxygen atoms in total. The first kappa shape index (κ1) is 25.2. The third kappa shape index (κ3) is 6.04. The number of carbonyl (C=O) groups is 3. The van der Waals surface area contributed by atoms with E-state index in [0.29, 0.717) is 33.3 Å². The molecule has 1 heterocycles. The Labute approximate surface area is 213 Å². The molecule has 0 saturated carbocycles. The molecule has 0 bridgehead atoms. The van der Waals surface area contributed by atoms with Gasteiger partial charge in [-0.15, -0.1) is 11.3 Å². The summed E-state index contributed by atoms with van der Waals surface area (Å²) < 4.78 is 15.9. The van der Waals surface area contributed by atoms with Gasteiger partial charge in [0.15, 0.2) is 6.61 Å². The Morgan fingerprint density at radius 1 is 0.917 bits per heavy atom. The van der Waals surface area contributed by atoms with Crippen LogP contribution in [0, 0.1) is 0 Å². The standard InChI is InChI=1S/C27H28N2O6S/c1-3-34-27(32)24-21-6-4-5-7-22(21)36-26(24)29-23(30)16-35-20-12-8-17(9-13-20)25(31)28-18-10-14-19(33-2)15-11-18/h8-15H,3-7,16H2,1-2H3,(H,28,31)(H,29,30). The fraction of sp³-hybridized carbons (Fsp3) is 0.296. The molecule has 2 aromatic carbocycles. The van der Waals surface area contributed by atoms with Crippen LogP contribution in [0.3, 0.4) is 0 Å². The first-order valence-electron chi connectivity index (χ1n) is 11.8. The molecule has 2 N–H and O–H groups in total. The Morgan fingerprint density at radius 3 is 2.31 bits per heavy atom. The summed E-state index contributed by atoms with van der Waals surface area (Å²) in [6.07, 6.45) is 3.79. The zero-order valence-electron chi connectivity index (χ0n) is 20.2. The SMILES string of the molecule is CCOC(=O)c1c(NC(=O)COc2ccc(C(=O)Nc3ccc(OC)cc3)cc2)sc2c1CCCC2. The lowest BCUT2D eigenvalue weighted by atomic mass is 9.95. The molecule has 0 spiro atoms. The highest BCUT2D eigenvalue weighted by molar-refractivity contribution is 7.17. The van der Waals surface area contributed by atoms with E-state index in [-0.39, 0.29) is 25.0 Å². The number of thiophene rings is 1. The second-order valence-electron chi connectivity index (χ2n) is 8.18. The van der Waals surface area contributed by atoms with E-state index in [1.54, 1.807) is 62.6 Å². The molecule has 2 amide bonds. The largest absolute Gasteiger partial charge is 0.497 e. The van der Waals surface area contributed by atoms with Crippen LogP contribution >= 0.6 is 11.3 Å². The normalized spacial score (nSPS) is 12.3. The number of amides is 2. The molecule has 188 valence electrons. The van der Waals surface area contributed by atoms with Crippen LogP contribution in [0.1, 0.15) is 50.9 Å². The smallest absolute Gasteiger partial charge is 0.341 e. The maximum Gasteiger partial charge on any atom is 0.341 e. The van der Waals surface area contributed by atoms with Gasteiger partial charge in [-0.05, 0) is 86.7 Å². The van der Waals surface area contributed by atoms with Crippen LogP contribution in [0.15, 0.2) is 48.5 Å². The van der Waals surface area contributed by atoms with Crippen LogP contribution in [0.5, 0.6) is 11.5 Å². The monoisotopic (exact) mass is 508 g/mol. The van der Waals surface area contributed by atoms with Gasteiger partial charge in [0.2, 0.25) is 0 Å². The van der Waals surface area contributed by atoms with E-state index in [9.17, 15) is 14.4 Å². The van der Waals surface area contributed by atoms with Gasteiger partial charge in [-0.3, -0.25) is 9.59 Å². The fourth-order valence-electron chi connectivity index (χ4n) is 3.96. The summed E-state index contributed by atoms with van der Waals surface area (Å²) in [6.45, 7) is 1.80. The lowest BCUT2D eigenvalue weighted by Crippen LogP contribution is -2.21. The molecule has 0 aliphatic heterocycles. The van der Waals surface area contributed by atoms with Crippen molar-refractivity contribution < 1.29 is 28.6 Å². The second-order valence-corrected chi connectivity index (χ2v) is 9.28. The summed E-state index contributed by atoms with van der Waals surface area (Å²) in [5.74, 6) is 0.103. The van der Waals surface area contributed by atoms with Crippen molar-refractivity contribution in [3.05, 3.63) is 70.1 Å². The van der Waals surface area contributed by atoms with Gasteiger partial charge in [-0.2, -0.15) is 0 Å². The summed E-state index contributed by atoms with van der Waals surface area (Å²) in [5.41, 5.74) is 2.56. The third-order valence-corrected chi connectivity index (χ3v) is 6.95. The van der Waals surface area contributed by atoms with Gasteiger partial charge in [-0.25, -0.2) is 4.79 Å². The molecule has 1 aliphatic carbocycles. The van der Waals surface area contributed by atoms with Crippen molar-refractivity contribution in [2.75, 3.05) is 31.0 Å². The van der Waals surface area contributed by atoms with Gasteiger partial charge in [0.25, 0.3) is 11.8 Å². The molecule has 1 aliphatic rings. The summed E-state index contributed by atoms with van der Waals surface area (Å²) in [5, 5.41) is 6.15. The second kappa shape index (κ2) is 11.7. The van der Waals surface area contributed by atoms with Gasteiger partial charge < -0.3 is 24.8 Å². The molecule has 1 aromatic heterocycles. The molecule has 0 unspecified atom stereocenters. The Hall–Kier alpha value is -3.85. The number of aryl methyl sites for hydroxylation is 1. The predicted molar refractivity (Wildman–Crippen MR) is 138 cm³/mol. The van der Waals surface area contributed by atoms with Crippen molar-refractivity contribution in [2.45, 2.75) is 32.6 Å². The minimum Gasteiger partial charge on any atom is -0.497 e. The average molecular weight is 509 g/mol. The fourth-order valence-corrected chi connectivity index (χ4v) is 5.26. The number of rotatable bonds is 9. The number of esters is 1. The van der Waals surface area contributed by atoms with Crippen LogP contribution in [0.25, 0.3) is 0 Å². The lowest BCUT2D eigenvalue weighted by Gasteiger charge is -2.12. The Kier molecular flexibility index (Phi) is 8.22. The number of anilines is 2. The van der Waals surface area contributed by atoms with Crippen LogP contribution in [-0.4, -0.2) is 38.1 Å². The van der Waals surface area contributed by atoms with E-state index in [4.69, 9.17) is 14.2 Å². The summed E-state index contributed by atoms with van der Waals surface area (Å²) in [7, 11) is 1.58. The van der Waals surface area contributed by atoms with E-state index >= 15 is 0 Å². The Balaban J connectivity index is 1.34. The predicted octanol–water partition coefficient (Wildman–Crippen LogP) is 5.08. The molecule has 36 heavy (non-hydrogen) atoms. The van der Waals surface area contributed by atoms with Crippen LogP contribution in [-0.2, 0) is 22.4 Å². The Bertz CT molecular complexity index is 1230. The van der Waals surface area contributed by atoms with E-state index in [0.717, 1.165) is 36.1 Å².